The van der Waals surface area contributed by atoms with Crippen LogP contribution < -0.4 is 0 Å². The van der Waals surface area contributed by atoms with Crippen molar-refractivity contribution in [2.45, 2.75) is 40.5 Å². The maximum atomic E-state index is 4.62. The number of fused-ring (bicyclic) bond motifs is 2. The van der Waals surface area contributed by atoms with E-state index in [1.165, 1.54) is 22.2 Å². The van der Waals surface area contributed by atoms with Gasteiger partial charge in [0, 0.05) is 22.2 Å². The van der Waals surface area contributed by atoms with Crippen molar-refractivity contribution in [3.63, 3.8) is 0 Å². The lowest BCUT2D eigenvalue weighted by molar-refractivity contribution is 0.637. The van der Waals surface area contributed by atoms with Crippen molar-refractivity contribution in [1.29, 1.82) is 0 Å². The first kappa shape index (κ1) is 20.0. The van der Waals surface area contributed by atoms with Crippen LogP contribution in [-0.2, 0) is 12.8 Å². The molecule has 144 valence electrons. The third-order valence-corrected chi connectivity index (χ3v) is 4.55. The molecule has 0 aliphatic carbocycles. The molecular formula is C26H30N2. The molecule has 0 aliphatic heterocycles. The van der Waals surface area contributed by atoms with Crippen molar-refractivity contribution in [1.82, 2.24) is 9.97 Å². The van der Waals surface area contributed by atoms with Gasteiger partial charge >= 0.3 is 0 Å². The van der Waals surface area contributed by atoms with Gasteiger partial charge in [0.25, 0.3) is 0 Å². The fourth-order valence-electron chi connectivity index (χ4n) is 3.28. The van der Waals surface area contributed by atoms with Gasteiger partial charge < -0.3 is 0 Å². The summed E-state index contributed by atoms with van der Waals surface area (Å²) in [5.41, 5.74) is 4.59. The Hall–Kier alpha value is -2.74. The molecule has 0 atom stereocenters. The molecule has 0 fully saturated rings. The summed E-state index contributed by atoms with van der Waals surface area (Å²) in [6.45, 7) is 8.88. The molecule has 0 saturated carbocycles. The normalized spacial score (nSPS) is 11.1. The van der Waals surface area contributed by atoms with E-state index < -0.39 is 0 Å². The Morgan fingerprint density at radius 2 is 0.929 bits per heavy atom. The maximum absolute atomic E-state index is 4.62. The molecule has 2 aromatic heterocycles. The van der Waals surface area contributed by atoms with Crippen molar-refractivity contribution in [3.05, 3.63) is 84.2 Å². The quantitative estimate of drug-likeness (QED) is 0.392. The van der Waals surface area contributed by atoms with E-state index in [0.29, 0.717) is 11.8 Å². The van der Waals surface area contributed by atoms with Gasteiger partial charge in [-0.15, -0.1) is 0 Å². The molecule has 0 unspecified atom stereocenters. The number of pyridine rings is 2. The van der Waals surface area contributed by atoms with Gasteiger partial charge in [-0.2, -0.15) is 0 Å². The Balaban J connectivity index is 0.000000161. The Morgan fingerprint density at radius 1 is 0.536 bits per heavy atom. The summed E-state index contributed by atoms with van der Waals surface area (Å²) in [7, 11) is 0. The van der Waals surface area contributed by atoms with E-state index in [1.54, 1.807) is 0 Å². The lowest BCUT2D eigenvalue weighted by atomic mass is 10.1. The molecule has 0 aliphatic rings. The first-order valence-electron chi connectivity index (χ1n) is 10.2. The van der Waals surface area contributed by atoms with E-state index >= 15 is 0 Å². The summed E-state index contributed by atoms with van der Waals surface area (Å²) in [6.07, 6.45) is 2.12. The van der Waals surface area contributed by atoms with Gasteiger partial charge in [-0.1, -0.05) is 76.2 Å². The van der Waals surface area contributed by atoms with Crippen LogP contribution in [0.4, 0.5) is 0 Å². The summed E-state index contributed by atoms with van der Waals surface area (Å²) in [4.78, 5) is 9.23. The molecule has 0 spiro atoms. The molecule has 2 heteroatoms. The van der Waals surface area contributed by atoms with Crippen molar-refractivity contribution < 1.29 is 0 Å². The van der Waals surface area contributed by atoms with Gasteiger partial charge in [0.2, 0.25) is 0 Å². The van der Waals surface area contributed by atoms with Crippen molar-refractivity contribution in [3.8, 4) is 0 Å². The zero-order valence-electron chi connectivity index (χ0n) is 17.4. The molecule has 4 rings (SSSR count). The fourth-order valence-corrected chi connectivity index (χ4v) is 3.28. The maximum Gasteiger partial charge on any atom is 0.0705 e. The summed E-state index contributed by atoms with van der Waals surface area (Å²) >= 11 is 0. The molecule has 28 heavy (non-hydrogen) atoms. The highest BCUT2D eigenvalue weighted by molar-refractivity contribution is 5.79. The first-order valence-corrected chi connectivity index (χ1v) is 10.2. The van der Waals surface area contributed by atoms with Crippen LogP contribution in [0.25, 0.3) is 21.8 Å². The first-order chi connectivity index (χ1) is 13.5. The standard InChI is InChI=1S/2C13H15N/c2*1-10(2)9-12-8-7-11-5-3-4-6-13(11)14-12/h2*3-8,10H,9H2,1-2H3. The van der Waals surface area contributed by atoms with Gasteiger partial charge in [-0.3, -0.25) is 9.97 Å². The van der Waals surface area contributed by atoms with Crippen molar-refractivity contribution in [2.24, 2.45) is 11.8 Å². The predicted octanol–water partition coefficient (Wildman–Crippen LogP) is 6.87. The van der Waals surface area contributed by atoms with Crippen LogP contribution >= 0.6 is 0 Å². The largest absolute Gasteiger partial charge is 0.253 e. The second-order valence-electron chi connectivity index (χ2n) is 8.19. The highest BCUT2D eigenvalue weighted by Crippen LogP contribution is 2.15. The molecule has 2 aromatic carbocycles. The summed E-state index contributed by atoms with van der Waals surface area (Å²) < 4.78 is 0. The zero-order valence-corrected chi connectivity index (χ0v) is 17.4. The molecule has 2 heterocycles. The number of nitrogens with zero attached hydrogens (tertiary/aromatic N) is 2. The average Bonchev–Trinajstić information content (AvgIpc) is 2.67. The highest BCUT2D eigenvalue weighted by Gasteiger charge is 2.01. The fraction of sp³-hybridized carbons (Fsp3) is 0.308. The highest BCUT2D eigenvalue weighted by atomic mass is 14.7. The topological polar surface area (TPSA) is 25.8 Å². The summed E-state index contributed by atoms with van der Waals surface area (Å²) in [5.74, 6) is 1.34. The Morgan fingerprint density at radius 3 is 1.32 bits per heavy atom. The molecule has 0 radical (unpaired) electrons. The van der Waals surface area contributed by atoms with Gasteiger partial charge in [0.05, 0.1) is 11.0 Å². The minimum atomic E-state index is 0.670. The third-order valence-electron chi connectivity index (χ3n) is 4.55. The number of hydrogen-bond acceptors (Lipinski definition) is 2. The molecule has 0 bridgehead atoms. The smallest absolute Gasteiger partial charge is 0.0705 e. The number of rotatable bonds is 4. The average molecular weight is 371 g/mol. The minimum Gasteiger partial charge on any atom is -0.253 e. The molecule has 2 nitrogen and oxygen atoms in total. The van der Waals surface area contributed by atoms with Crippen LogP contribution in [0.5, 0.6) is 0 Å². The minimum absolute atomic E-state index is 0.670. The van der Waals surface area contributed by atoms with E-state index in [1.807, 2.05) is 24.3 Å². The van der Waals surface area contributed by atoms with Crippen LogP contribution in [0.2, 0.25) is 0 Å². The Bertz CT molecular complexity index is 949. The molecule has 0 N–H and O–H groups in total. The van der Waals surface area contributed by atoms with E-state index in [4.69, 9.17) is 0 Å². The lowest BCUT2D eigenvalue weighted by Gasteiger charge is -2.05. The number of aromatic nitrogens is 2. The number of hydrogen-bond donors (Lipinski definition) is 0. The van der Waals surface area contributed by atoms with E-state index in [-0.39, 0.29) is 0 Å². The predicted molar refractivity (Wildman–Crippen MR) is 121 cm³/mol. The molecular weight excluding hydrogens is 340 g/mol. The van der Waals surface area contributed by atoms with Crippen molar-refractivity contribution >= 4 is 21.8 Å². The molecule has 0 saturated heterocycles. The third kappa shape index (κ3) is 5.63. The summed E-state index contributed by atoms with van der Waals surface area (Å²) in [6, 6.07) is 25.1. The van der Waals surface area contributed by atoms with E-state index in [9.17, 15) is 0 Å². The van der Waals surface area contributed by atoms with Crippen LogP contribution in [0.3, 0.4) is 0 Å². The zero-order chi connectivity index (χ0) is 19.9. The van der Waals surface area contributed by atoms with Gasteiger partial charge in [0.15, 0.2) is 0 Å². The summed E-state index contributed by atoms with van der Waals surface area (Å²) in [5, 5.41) is 2.44. The Labute approximate surface area is 168 Å². The van der Waals surface area contributed by atoms with Crippen LogP contribution in [0.15, 0.2) is 72.8 Å². The van der Waals surface area contributed by atoms with Crippen molar-refractivity contribution in [2.75, 3.05) is 0 Å². The molecule has 4 aromatic rings. The lowest BCUT2D eigenvalue weighted by Crippen LogP contribution is -1.96. The number of benzene rings is 2. The Kier molecular flexibility index (Phi) is 6.76. The van der Waals surface area contributed by atoms with E-state index in [0.717, 1.165) is 23.9 Å². The monoisotopic (exact) mass is 370 g/mol. The second kappa shape index (κ2) is 9.45. The molecule has 0 amide bonds. The van der Waals surface area contributed by atoms with Gasteiger partial charge in [-0.25, -0.2) is 0 Å². The van der Waals surface area contributed by atoms with Crippen LogP contribution in [-0.4, -0.2) is 9.97 Å². The number of para-hydroxylation sites is 2. The van der Waals surface area contributed by atoms with Crippen LogP contribution in [0.1, 0.15) is 39.1 Å². The van der Waals surface area contributed by atoms with Crippen LogP contribution in [0, 0.1) is 11.8 Å². The van der Waals surface area contributed by atoms with Gasteiger partial charge in [-0.05, 0) is 48.9 Å². The second-order valence-corrected chi connectivity index (χ2v) is 8.19. The van der Waals surface area contributed by atoms with E-state index in [2.05, 4.69) is 86.2 Å². The van der Waals surface area contributed by atoms with Gasteiger partial charge in [0.1, 0.15) is 0 Å². The SMILES string of the molecule is CC(C)Cc1ccc2ccccc2n1.CC(C)Cc1ccc2ccccc2n1.